The summed E-state index contributed by atoms with van der Waals surface area (Å²) in [6.45, 7) is 3.14. The Kier molecular flexibility index (Phi) is 3.38. The maximum atomic E-state index is 10.9. The maximum absolute atomic E-state index is 10.9. The Morgan fingerprint density at radius 2 is 2.07 bits per heavy atom. The second-order valence-electron chi connectivity index (χ2n) is 3.42. The quantitative estimate of drug-likeness (QED) is 0.771. The van der Waals surface area contributed by atoms with E-state index in [1.807, 2.05) is 18.2 Å². The van der Waals surface area contributed by atoms with Crippen molar-refractivity contribution in [3.05, 3.63) is 28.2 Å². The summed E-state index contributed by atoms with van der Waals surface area (Å²) in [6.07, 6.45) is 0.900. The molecule has 0 atom stereocenters. The molecule has 1 fully saturated rings. The van der Waals surface area contributed by atoms with Gasteiger partial charge in [-0.05, 0) is 18.2 Å². The Hall–Kier alpha value is -0.870. The van der Waals surface area contributed by atoms with Crippen LogP contribution in [-0.4, -0.2) is 32.6 Å². The highest BCUT2D eigenvalue weighted by atomic mass is 79.9. The van der Waals surface area contributed by atoms with Crippen molar-refractivity contribution in [1.82, 2.24) is 0 Å². The average Bonchev–Trinajstić information content (AvgIpc) is 2.30. The Balaban J connectivity index is 2.31. The molecule has 0 amide bonds. The molecule has 0 radical (unpaired) electrons. The highest BCUT2D eigenvalue weighted by Crippen LogP contribution is 2.24. The number of hydrogen-bond donors (Lipinski definition) is 0. The molecule has 3 nitrogen and oxygen atoms in total. The van der Waals surface area contributed by atoms with Crippen LogP contribution >= 0.6 is 15.9 Å². The number of morpholine rings is 1. The summed E-state index contributed by atoms with van der Waals surface area (Å²) in [6, 6.07) is 5.70. The van der Waals surface area contributed by atoms with Gasteiger partial charge in [0.15, 0.2) is 6.29 Å². The first-order valence-corrected chi connectivity index (χ1v) is 5.68. The van der Waals surface area contributed by atoms with Crippen LogP contribution in [0.4, 0.5) is 5.69 Å². The number of hydrogen-bond acceptors (Lipinski definition) is 3. The van der Waals surface area contributed by atoms with Crippen molar-refractivity contribution in [3.8, 4) is 0 Å². The van der Waals surface area contributed by atoms with Crippen LogP contribution < -0.4 is 4.90 Å². The number of rotatable bonds is 2. The van der Waals surface area contributed by atoms with Gasteiger partial charge in [0.25, 0.3) is 0 Å². The van der Waals surface area contributed by atoms with Crippen LogP contribution in [0.1, 0.15) is 10.4 Å². The van der Waals surface area contributed by atoms with Gasteiger partial charge < -0.3 is 9.64 Å². The number of aldehydes is 1. The molecule has 1 aromatic rings. The Morgan fingerprint density at radius 1 is 1.33 bits per heavy atom. The highest BCUT2D eigenvalue weighted by Gasteiger charge is 2.14. The summed E-state index contributed by atoms with van der Waals surface area (Å²) in [5, 5.41) is 0. The van der Waals surface area contributed by atoms with Crippen LogP contribution in [0.3, 0.4) is 0 Å². The van der Waals surface area contributed by atoms with E-state index in [0.29, 0.717) is 0 Å². The van der Waals surface area contributed by atoms with E-state index in [-0.39, 0.29) is 0 Å². The van der Waals surface area contributed by atoms with Crippen molar-refractivity contribution in [2.45, 2.75) is 0 Å². The smallest absolute Gasteiger partial charge is 0.152 e. The van der Waals surface area contributed by atoms with Crippen LogP contribution in [0.25, 0.3) is 0 Å². The number of benzene rings is 1. The molecule has 1 aromatic carbocycles. The predicted octanol–water partition coefficient (Wildman–Crippen LogP) is 2.10. The molecule has 1 aliphatic heterocycles. The molecule has 0 N–H and O–H groups in total. The zero-order valence-electron chi connectivity index (χ0n) is 8.28. The third-order valence-corrected chi connectivity index (χ3v) is 2.96. The molecule has 0 unspecified atom stereocenters. The van der Waals surface area contributed by atoms with E-state index in [0.717, 1.165) is 48.3 Å². The normalized spacial score (nSPS) is 16.5. The van der Waals surface area contributed by atoms with Crippen molar-refractivity contribution in [2.75, 3.05) is 31.2 Å². The lowest BCUT2D eigenvalue weighted by atomic mass is 10.1. The number of anilines is 1. The van der Waals surface area contributed by atoms with E-state index in [2.05, 4.69) is 20.8 Å². The van der Waals surface area contributed by atoms with Crippen molar-refractivity contribution in [1.29, 1.82) is 0 Å². The molecule has 0 aliphatic carbocycles. The van der Waals surface area contributed by atoms with Gasteiger partial charge in [-0.1, -0.05) is 15.9 Å². The lowest BCUT2D eigenvalue weighted by Gasteiger charge is -2.29. The number of carbonyl (C=O) groups excluding carboxylic acids is 1. The van der Waals surface area contributed by atoms with E-state index in [1.54, 1.807) is 0 Å². The number of ether oxygens (including phenoxy) is 1. The average molecular weight is 270 g/mol. The van der Waals surface area contributed by atoms with E-state index >= 15 is 0 Å². The summed E-state index contributed by atoms with van der Waals surface area (Å²) in [7, 11) is 0. The van der Waals surface area contributed by atoms with Crippen LogP contribution in [0.2, 0.25) is 0 Å². The fourth-order valence-electron chi connectivity index (χ4n) is 1.69. The Bertz CT molecular complexity index is 362. The molecule has 0 bridgehead atoms. The van der Waals surface area contributed by atoms with Gasteiger partial charge in [0.05, 0.1) is 13.2 Å². The molecule has 80 valence electrons. The maximum Gasteiger partial charge on any atom is 0.152 e. The Labute approximate surface area is 97.2 Å². The SMILES string of the molecule is O=Cc1ccc(Br)cc1N1CCOCC1. The third-order valence-electron chi connectivity index (χ3n) is 2.47. The lowest BCUT2D eigenvalue weighted by molar-refractivity contribution is 0.111. The monoisotopic (exact) mass is 269 g/mol. The van der Waals surface area contributed by atoms with Crippen LogP contribution in [0, 0.1) is 0 Å². The molecule has 0 aromatic heterocycles. The largest absolute Gasteiger partial charge is 0.378 e. The van der Waals surface area contributed by atoms with Gasteiger partial charge in [0.2, 0.25) is 0 Å². The lowest BCUT2D eigenvalue weighted by Crippen LogP contribution is -2.36. The van der Waals surface area contributed by atoms with E-state index in [1.165, 1.54) is 0 Å². The fraction of sp³-hybridized carbons (Fsp3) is 0.364. The first kappa shape index (κ1) is 10.6. The first-order chi connectivity index (χ1) is 7.31. The topological polar surface area (TPSA) is 29.5 Å². The molecule has 1 aliphatic rings. The molecule has 2 rings (SSSR count). The second kappa shape index (κ2) is 4.77. The van der Waals surface area contributed by atoms with E-state index in [4.69, 9.17) is 4.74 Å². The molecule has 4 heteroatoms. The van der Waals surface area contributed by atoms with Gasteiger partial charge in [-0.3, -0.25) is 4.79 Å². The molecular weight excluding hydrogens is 258 g/mol. The van der Waals surface area contributed by atoms with Gasteiger partial charge in [-0.2, -0.15) is 0 Å². The Morgan fingerprint density at radius 3 is 2.73 bits per heavy atom. The number of carbonyl (C=O) groups is 1. The van der Waals surface area contributed by atoms with Crippen molar-refractivity contribution < 1.29 is 9.53 Å². The van der Waals surface area contributed by atoms with Crippen molar-refractivity contribution in [2.24, 2.45) is 0 Å². The summed E-state index contributed by atoms with van der Waals surface area (Å²) in [4.78, 5) is 13.1. The molecule has 0 spiro atoms. The standard InChI is InChI=1S/C11H12BrNO2/c12-10-2-1-9(8-14)11(7-10)13-3-5-15-6-4-13/h1-2,7-8H,3-6H2. The van der Waals surface area contributed by atoms with Gasteiger partial charge in [-0.25, -0.2) is 0 Å². The predicted molar refractivity (Wildman–Crippen MR) is 62.6 cm³/mol. The van der Waals surface area contributed by atoms with Gasteiger partial charge in [0, 0.05) is 28.8 Å². The summed E-state index contributed by atoms with van der Waals surface area (Å²) >= 11 is 3.42. The molecular formula is C11H12BrNO2. The summed E-state index contributed by atoms with van der Waals surface area (Å²) < 4.78 is 6.28. The summed E-state index contributed by atoms with van der Waals surface area (Å²) in [5.41, 5.74) is 1.72. The molecule has 1 saturated heterocycles. The number of halogens is 1. The summed E-state index contributed by atoms with van der Waals surface area (Å²) in [5.74, 6) is 0. The van der Waals surface area contributed by atoms with Gasteiger partial charge in [-0.15, -0.1) is 0 Å². The zero-order chi connectivity index (χ0) is 10.7. The fourth-order valence-corrected chi connectivity index (χ4v) is 2.04. The van der Waals surface area contributed by atoms with E-state index < -0.39 is 0 Å². The highest BCUT2D eigenvalue weighted by molar-refractivity contribution is 9.10. The first-order valence-electron chi connectivity index (χ1n) is 4.88. The third kappa shape index (κ3) is 2.38. The second-order valence-corrected chi connectivity index (χ2v) is 4.34. The molecule has 15 heavy (non-hydrogen) atoms. The minimum Gasteiger partial charge on any atom is -0.378 e. The molecule has 0 saturated carbocycles. The van der Waals surface area contributed by atoms with Crippen LogP contribution in [-0.2, 0) is 4.74 Å². The van der Waals surface area contributed by atoms with Crippen molar-refractivity contribution in [3.63, 3.8) is 0 Å². The minimum absolute atomic E-state index is 0.727. The number of nitrogens with zero attached hydrogens (tertiary/aromatic N) is 1. The van der Waals surface area contributed by atoms with Crippen LogP contribution in [0.5, 0.6) is 0 Å². The van der Waals surface area contributed by atoms with Crippen LogP contribution in [0.15, 0.2) is 22.7 Å². The van der Waals surface area contributed by atoms with E-state index in [9.17, 15) is 4.79 Å². The van der Waals surface area contributed by atoms with Gasteiger partial charge in [0.1, 0.15) is 0 Å². The van der Waals surface area contributed by atoms with Gasteiger partial charge >= 0.3 is 0 Å². The minimum atomic E-state index is 0.727. The van der Waals surface area contributed by atoms with Crippen molar-refractivity contribution >= 4 is 27.9 Å². The zero-order valence-corrected chi connectivity index (χ0v) is 9.87. The molecule has 1 heterocycles.